The summed E-state index contributed by atoms with van der Waals surface area (Å²) in [6, 6.07) is 9.26. The Labute approximate surface area is 170 Å². The summed E-state index contributed by atoms with van der Waals surface area (Å²) >= 11 is 12.1. The molecule has 0 unspecified atom stereocenters. The van der Waals surface area contributed by atoms with Crippen LogP contribution < -0.4 is 9.62 Å². The number of hydrogen-bond acceptors (Lipinski definition) is 3. The van der Waals surface area contributed by atoms with Gasteiger partial charge in [-0.15, -0.1) is 0 Å². The molecule has 1 atom stereocenters. The smallest absolute Gasteiger partial charge is 0.248 e. The van der Waals surface area contributed by atoms with Crippen LogP contribution in [-0.4, -0.2) is 26.6 Å². The topological polar surface area (TPSA) is 66.5 Å². The molecule has 0 bridgehead atoms. The Balaban J connectivity index is 2.48. The summed E-state index contributed by atoms with van der Waals surface area (Å²) in [4.78, 5) is 12.9. The highest BCUT2D eigenvalue weighted by molar-refractivity contribution is 7.92. The normalized spacial score (nSPS) is 12.5. The first-order valence-electron chi connectivity index (χ1n) is 8.37. The van der Waals surface area contributed by atoms with E-state index in [0.29, 0.717) is 21.4 Å². The van der Waals surface area contributed by atoms with Crippen molar-refractivity contribution in [1.29, 1.82) is 0 Å². The molecular weight excluding hydrogens is 407 g/mol. The lowest BCUT2D eigenvalue weighted by molar-refractivity contribution is -0.117. The number of nitrogens with one attached hydrogen (secondary N) is 1. The van der Waals surface area contributed by atoms with Crippen LogP contribution in [0.15, 0.2) is 36.4 Å². The van der Waals surface area contributed by atoms with Gasteiger partial charge in [0.1, 0.15) is 6.04 Å². The molecule has 0 aliphatic heterocycles. The molecule has 0 aliphatic carbocycles. The third-order valence-electron chi connectivity index (χ3n) is 4.12. The van der Waals surface area contributed by atoms with Gasteiger partial charge in [-0.2, -0.15) is 0 Å². The molecule has 146 valence electrons. The molecule has 0 saturated carbocycles. The summed E-state index contributed by atoms with van der Waals surface area (Å²) in [5.41, 5.74) is 2.48. The Kier molecular flexibility index (Phi) is 6.78. The number of aryl methyl sites for hydroxylation is 2. The number of anilines is 2. The molecule has 0 heterocycles. The van der Waals surface area contributed by atoms with Gasteiger partial charge in [-0.1, -0.05) is 42.3 Å². The molecule has 27 heavy (non-hydrogen) atoms. The van der Waals surface area contributed by atoms with Gasteiger partial charge in [-0.05, 0) is 55.7 Å². The Bertz CT molecular complexity index is 961. The van der Waals surface area contributed by atoms with Gasteiger partial charge in [-0.25, -0.2) is 8.42 Å². The SMILES string of the molecule is CC[C@H](C(=O)Nc1cc(Cl)ccc1Cl)N(c1cc(C)ccc1C)S(C)(=O)=O. The summed E-state index contributed by atoms with van der Waals surface area (Å²) in [7, 11) is -3.71. The second-order valence-electron chi connectivity index (χ2n) is 6.39. The van der Waals surface area contributed by atoms with E-state index in [-0.39, 0.29) is 6.42 Å². The van der Waals surface area contributed by atoms with Crippen molar-refractivity contribution in [3.05, 3.63) is 57.6 Å². The number of carbonyl (C=O) groups excluding carboxylic acids is 1. The number of amides is 1. The molecule has 2 aromatic rings. The van der Waals surface area contributed by atoms with E-state index in [4.69, 9.17) is 23.2 Å². The Hall–Kier alpha value is -1.76. The maximum absolute atomic E-state index is 12.9. The molecule has 1 amide bonds. The minimum absolute atomic E-state index is 0.282. The second-order valence-corrected chi connectivity index (χ2v) is 9.09. The standard InChI is InChI=1S/C19H22Cl2N2O3S/c1-5-17(19(24)22-16-11-14(20)8-9-15(16)21)23(27(4,25)26)18-10-12(2)6-7-13(18)3/h6-11,17H,5H2,1-4H3,(H,22,24)/t17-/m1/s1. The third-order valence-corrected chi connectivity index (χ3v) is 5.85. The van der Waals surface area contributed by atoms with Gasteiger partial charge in [0.15, 0.2) is 0 Å². The fourth-order valence-electron chi connectivity index (χ4n) is 2.80. The van der Waals surface area contributed by atoms with Crippen LogP contribution in [-0.2, 0) is 14.8 Å². The van der Waals surface area contributed by atoms with Crippen molar-refractivity contribution >= 4 is 50.5 Å². The van der Waals surface area contributed by atoms with Crippen LogP contribution in [0, 0.1) is 13.8 Å². The fraction of sp³-hybridized carbons (Fsp3) is 0.316. The van der Waals surface area contributed by atoms with E-state index in [2.05, 4.69) is 5.32 Å². The zero-order valence-corrected chi connectivity index (χ0v) is 17.9. The van der Waals surface area contributed by atoms with E-state index in [9.17, 15) is 13.2 Å². The Morgan fingerprint density at radius 1 is 1.15 bits per heavy atom. The van der Waals surface area contributed by atoms with E-state index in [1.807, 2.05) is 26.0 Å². The van der Waals surface area contributed by atoms with E-state index in [1.165, 1.54) is 10.4 Å². The van der Waals surface area contributed by atoms with Gasteiger partial charge < -0.3 is 5.32 Å². The van der Waals surface area contributed by atoms with Crippen LogP contribution in [0.2, 0.25) is 10.0 Å². The Morgan fingerprint density at radius 3 is 2.41 bits per heavy atom. The highest BCUT2D eigenvalue weighted by Crippen LogP contribution is 2.29. The minimum Gasteiger partial charge on any atom is -0.323 e. The van der Waals surface area contributed by atoms with E-state index in [1.54, 1.807) is 25.1 Å². The average Bonchev–Trinajstić information content (AvgIpc) is 2.57. The molecule has 8 heteroatoms. The number of halogens is 2. The molecule has 2 rings (SSSR count). The molecule has 0 fully saturated rings. The predicted octanol–water partition coefficient (Wildman–Crippen LogP) is 4.79. The van der Waals surface area contributed by atoms with Gasteiger partial charge in [0.25, 0.3) is 0 Å². The zero-order valence-electron chi connectivity index (χ0n) is 15.6. The molecule has 2 aromatic carbocycles. The van der Waals surface area contributed by atoms with Crippen LogP contribution in [0.3, 0.4) is 0 Å². The van der Waals surface area contributed by atoms with Crippen LogP contribution in [0.5, 0.6) is 0 Å². The highest BCUT2D eigenvalue weighted by atomic mass is 35.5. The van der Waals surface area contributed by atoms with E-state index >= 15 is 0 Å². The largest absolute Gasteiger partial charge is 0.323 e. The van der Waals surface area contributed by atoms with E-state index in [0.717, 1.165) is 17.4 Å². The second kappa shape index (κ2) is 8.50. The number of sulfonamides is 1. The lowest BCUT2D eigenvalue weighted by atomic mass is 10.1. The van der Waals surface area contributed by atoms with Crippen molar-refractivity contribution in [3.63, 3.8) is 0 Å². The molecule has 5 nitrogen and oxygen atoms in total. The minimum atomic E-state index is -3.71. The molecule has 0 aromatic heterocycles. The van der Waals surface area contributed by atoms with Crippen molar-refractivity contribution in [2.45, 2.75) is 33.2 Å². The summed E-state index contributed by atoms with van der Waals surface area (Å²) in [6.07, 6.45) is 1.38. The van der Waals surface area contributed by atoms with Crippen LogP contribution in [0.25, 0.3) is 0 Å². The highest BCUT2D eigenvalue weighted by Gasteiger charge is 2.32. The first kappa shape index (κ1) is 21.5. The maximum Gasteiger partial charge on any atom is 0.248 e. The lowest BCUT2D eigenvalue weighted by Crippen LogP contribution is -2.47. The van der Waals surface area contributed by atoms with Crippen molar-refractivity contribution in [2.24, 2.45) is 0 Å². The van der Waals surface area contributed by atoms with Crippen molar-refractivity contribution in [3.8, 4) is 0 Å². The molecule has 1 N–H and O–H groups in total. The third kappa shape index (κ3) is 5.15. The van der Waals surface area contributed by atoms with Gasteiger partial charge in [-0.3, -0.25) is 9.10 Å². The molecule has 0 saturated heterocycles. The quantitative estimate of drug-likeness (QED) is 0.718. The molecule has 0 spiro atoms. The molecular formula is C19H22Cl2N2O3S. The summed E-state index contributed by atoms with van der Waals surface area (Å²) in [5, 5.41) is 3.43. The van der Waals surface area contributed by atoms with Crippen LogP contribution in [0.1, 0.15) is 24.5 Å². The monoisotopic (exact) mass is 428 g/mol. The number of rotatable bonds is 6. The number of carbonyl (C=O) groups is 1. The predicted molar refractivity (Wildman–Crippen MR) is 112 cm³/mol. The van der Waals surface area contributed by atoms with Crippen molar-refractivity contribution < 1.29 is 13.2 Å². The first-order chi connectivity index (χ1) is 12.5. The fourth-order valence-corrected chi connectivity index (χ4v) is 4.40. The van der Waals surface area contributed by atoms with Crippen LogP contribution >= 0.6 is 23.2 Å². The van der Waals surface area contributed by atoms with Crippen molar-refractivity contribution in [1.82, 2.24) is 0 Å². The summed E-state index contributed by atoms with van der Waals surface area (Å²) in [5.74, 6) is -0.479. The number of benzene rings is 2. The number of nitrogens with zero attached hydrogens (tertiary/aromatic N) is 1. The van der Waals surface area contributed by atoms with Gasteiger partial charge >= 0.3 is 0 Å². The Morgan fingerprint density at radius 2 is 1.81 bits per heavy atom. The van der Waals surface area contributed by atoms with Gasteiger partial charge in [0, 0.05) is 5.02 Å². The lowest BCUT2D eigenvalue weighted by Gasteiger charge is -2.31. The first-order valence-corrected chi connectivity index (χ1v) is 11.0. The zero-order chi connectivity index (χ0) is 20.4. The van der Waals surface area contributed by atoms with Crippen LogP contribution in [0.4, 0.5) is 11.4 Å². The molecule has 0 radical (unpaired) electrons. The van der Waals surface area contributed by atoms with Gasteiger partial charge in [0.2, 0.25) is 15.9 Å². The molecule has 0 aliphatic rings. The van der Waals surface area contributed by atoms with Gasteiger partial charge in [0.05, 0.1) is 22.7 Å². The number of hydrogen-bond donors (Lipinski definition) is 1. The summed E-state index contributed by atoms with van der Waals surface area (Å²) in [6.45, 7) is 5.44. The van der Waals surface area contributed by atoms with Crippen molar-refractivity contribution in [2.75, 3.05) is 15.9 Å². The average molecular weight is 429 g/mol. The maximum atomic E-state index is 12.9. The summed E-state index contributed by atoms with van der Waals surface area (Å²) < 4.78 is 26.3. The van der Waals surface area contributed by atoms with E-state index < -0.39 is 22.0 Å².